The first-order valence-electron chi connectivity index (χ1n) is 6.90. The fraction of sp³-hybridized carbons (Fsp3) is 0.400. The summed E-state index contributed by atoms with van der Waals surface area (Å²) in [6, 6.07) is 6.60. The van der Waals surface area contributed by atoms with Gasteiger partial charge in [-0.1, -0.05) is 12.1 Å². The van der Waals surface area contributed by atoms with Gasteiger partial charge in [-0.15, -0.1) is 0 Å². The Balaban J connectivity index is 2.31. The topological polar surface area (TPSA) is 78.5 Å². The molecule has 1 unspecified atom stereocenters. The van der Waals surface area contributed by atoms with E-state index in [1.807, 2.05) is 26.0 Å². The molecule has 6 heteroatoms. The molecule has 0 aromatic heterocycles. The zero-order chi connectivity index (χ0) is 15.6. The van der Waals surface area contributed by atoms with Gasteiger partial charge in [0.1, 0.15) is 12.6 Å². The first-order valence-corrected chi connectivity index (χ1v) is 6.90. The lowest BCUT2D eigenvalue weighted by molar-refractivity contribution is -0.138. The predicted octanol–water partition coefficient (Wildman–Crippen LogP) is 0.994. The fourth-order valence-corrected chi connectivity index (χ4v) is 2.22. The Hall–Kier alpha value is -2.37. The Labute approximate surface area is 123 Å². The van der Waals surface area contributed by atoms with Crippen molar-refractivity contribution >= 4 is 23.4 Å². The molecule has 1 aromatic carbocycles. The van der Waals surface area contributed by atoms with Gasteiger partial charge in [-0.25, -0.2) is 0 Å². The van der Waals surface area contributed by atoms with Gasteiger partial charge in [-0.05, 0) is 32.9 Å². The molecule has 6 nitrogen and oxygen atoms in total. The smallest absolute Gasteiger partial charge is 0.257 e. The van der Waals surface area contributed by atoms with Crippen LogP contribution in [0.15, 0.2) is 24.3 Å². The highest BCUT2D eigenvalue weighted by atomic mass is 16.2. The number of nitrogens with one attached hydrogen (secondary N) is 2. The van der Waals surface area contributed by atoms with E-state index in [2.05, 4.69) is 10.6 Å². The van der Waals surface area contributed by atoms with Gasteiger partial charge < -0.3 is 10.2 Å². The SMILES string of the molecule is CC(C)Nc1ccccc1C(=O)N1CC(=O)NC(=O)C1C. The van der Waals surface area contributed by atoms with Crippen LogP contribution in [0.3, 0.4) is 0 Å². The van der Waals surface area contributed by atoms with Crippen LogP contribution in [0.5, 0.6) is 0 Å². The first kappa shape index (κ1) is 15.0. The average Bonchev–Trinajstić information content (AvgIpc) is 2.42. The van der Waals surface area contributed by atoms with Crippen LogP contribution in [-0.4, -0.2) is 41.2 Å². The Morgan fingerprint density at radius 3 is 2.67 bits per heavy atom. The molecule has 1 fully saturated rings. The van der Waals surface area contributed by atoms with Crippen LogP contribution in [-0.2, 0) is 9.59 Å². The molecule has 1 atom stereocenters. The maximum atomic E-state index is 12.7. The normalized spacial score (nSPS) is 18.7. The van der Waals surface area contributed by atoms with E-state index in [-0.39, 0.29) is 18.5 Å². The minimum absolute atomic E-state index is 0.109. The molecule has 1 aliphatic rings. The van der Waals surface area contributed by atoms with Crippen molar-refractivity contribution in [3.63, 3.8) is 0 Å². The number of carbonyl (C=O) groups excluding carboxylic acids is 3. The quantitative estimate of drug-likeness (QED) is 0.814. The molecule has 3 amide bonds. The van der Waals surface area contributed by atoms with E-state index in [0.717, 1.165) is 0 Å². The van der Waals surface area contributed by atoms with Crippen molar-refractivity contribution in [2.75, 3.05) is 11.9 Å². The lowest BCUT2D eigenvalue weighted by Crippen LogP contribution is -2.58. The molecule has 0 spiro atoms. The van der Waals surface area contributed by atoms with E-state index in [9.17, 15) is 14.4 Å². The van der Waals surface area contributed by atoms with Gasteiger partial charge in [0.2, 0.25) is 11.8 Å². The van der Waals surface area contributed by atoms with Crippen molar-refractivity contribution < 1.29 is 14.4 Å². The molecule has 1 aliphatic heterocycles. The number of hydrogen-bond acceptors (Lipinski definition) is 4. The molecule has 1 aromatic rings. The van der Waals surface area contributed by atoms with Gasteiger partial charge >= 0.3 is 0 Å². The Morgan fingerprint density at radius 2 is 2.00 bits per heavy atom. The second-order valence-corrected chi connectivity index (χ2v) is 5.37. The van der Waals surface area contributed by atoms with Crippen molar-refractivity contribution in [1.82, 2.24) is 10.2 Å². The molecule has 112 valence electrons. The standard InChI is InChI=1S/C15H19N3O3/c1-9(2)16-12-7-5-4-6-11(12)15(21)18-8-13(19)17-14(20)10(18)3/h4-7,9-10,16H,8H2,1-3H3,(H,17,19,20). The summed E-state index contributed by atoms with van der Waals surface area (Å²) in [5.41, 5.74) is 1.16. The van der Waals surface area contributed by atoms with E-state index < -0.39 is 17.9 Å². The fourth-order valence-electron chi connectivity index (χ4n) is 2.22. The summed E-state index contributed by atoms with van der Waals surface area (Å²) in [6.45, 7) is 5.45. The Kier molecular flexibility index (Phi) is 4.26. The third kappa shape index (κ3) is 3.21. The molecule has 2 rings (SSSR count). The monoisotopic (exact) mass is 289 g/mol. The van der Waals surface area contributed by atoms with Crippen molar-refractivity contribution in [1.29, 1.82) is 0 Å². The van der Waals surface area contributed by atoms with E-state index in [1.54, 1.807) is 19.1 Å². The lowest BCUT2D eigenvalue weighted by atomic mass is 10.1. The van der Waals surface area contributed by atoms with Gasteiger partial charge in [0.15, 0.2) is 0 Å². The number of rotatable bonds is 3. The summed E-state index contributed by atoms with van der Waals surface area (Å²) < 4.78 is 0. The molecule has 0 saturated carbocycles. The maximum Gasteiger partial charge on any atom is 0.257 e. The largest absolute Gasteiger partial charge is 0.382 e. The minimum atomic E-state index is -0.665. The second-order valence-electron chi connectivity index (χ2n) is 5.37. The highest BCUT2D eigenvalue weighted by molar-refractivity contribution is 6.08. The van der Waals surface area contributed by atoms with Crippen LogP contribution in [0.2, 0.25) is 0 Å². The summed E-state index contributed by atoms with van der Waals surface area (Å²) in [4.78, 5) is 37.1. The number of benzene rings is 1. The highest BCUT2D eigenvalue weighted by Crippen LogP contribution is 2.20. The van der Waals surface area contributed by atoms with Crippen LogP contribution in [0, 0.1) is 0 Å². The van der Waals surface area contributed by atoms with Crippen LogP contribution < -0.4 is 10.6 Å². The van der Waals surface area contributed by atoms with Crippen LogP contribution in [0.1, 0.15) is 31.1 Å². The van der Waals surface area contributed by atoms with E-state index >= 15 is 0 Å². The molecule has 2 N–H and O–H groups in total. The molecule has 0 aliphatic carbocycles. The number of amides is 3. The van der Waals surface area contributed by atoms with Gasteiger partial charge in [0, 0.05) is 11.7 Å². The summed E-state index contributed by atoms with van der Waals surface area (Å²) in [5.74, 6) is -1.23. The molecular weight excluding hydrogens is 270 g/mol. The van der Waals surface area contributed by atoms with Gasteiger partial charge in [0.05, 0.1) is 5.56 Å². The first-order chi connectivity index (χ1) is 9.90. The summed E-state index contributed by atoms with van der Waals surface area (Å²) in [5, 5.41) is 5.42. The maximum absolute atomic E-state index is 12.7. The second kappa shape index (κ2) is 5.95. The van der Waals surface area contributed by atoms with E-state index in [0.29, 0.717) is 11.3 Å². The van der Waals surface area contributed by atoms with Gasteiger partial charge in [-0.3, -0.25) is 19.7 Å². The Morgan fingerprint density at radius 1 is 1.33 bits per heavy atom. The van der Waals surface area contributed by atoms with Crippen LogP contribution in [0.25, 0.3) is 0 Å². The van der Waals surface area contributed by atoms with Crippen molar-refractivity contribution in [3.8, 4) is 0 Å². The Bertz CT molecular complexity index is 583. The van der Waals surface area contributed by atoms with Crippen molar-refractivity contribution in [3.05, 3.63) is 29.8 Å². The van der Waals surface area contributed by atoms with E-state index in [4.69, 9.17) is 0 Å². The number of nitrogens with zero attached hydrogens (tertiary/aromatic N) is 1. The summed E-state index contributed by atoms with van der Waals surface area (Å²) in [7, 11) is 0. The van der Waals surface area contributed by atoms with E-state index in [1.165, 1.54) is 4.90 Å². The number of hydrogen-bond donors (Lipinski definition) is 2. The molecule has 1 heterocycles. The molecular formula is C15H19N3O3. The van der Waals surface area contributed by atoms with Gasteiger partial charge in [0.25, 0.3) is 5.91 Å². The zero-order valence-electron chi connectivity index (χ0n) is 12.3. The lowest BCUT2D eigenvalue weighted by Gasteiger charge is -2.32. The zero-order valence-corrected chi connectivity index (χ0v) is 12.3. The molecule has 0 radical (unpaired) electrons. The third-order valence-electron chi connectivity index (χ3n) is 3.29. The average molecular weight is 289 g/mol. The number of piperazine rings is 1. The molecule has 1 saturated heterocycles. The van der Waals surface area contributed by atoms with Gasteiger partial charge in [-0.2, -0.15) is 0 Å². The van der Waals surface area contributed by atoms with Crippen LogP contribution in [0.4, 0.5) is 5.69 Å². The number of carbonyl (C=O) groups is 3. The number of anilines is 1. The van der Waals surface area contributed by atoms with Crippen molar-refractivity contribution in [2.45, 2.75) is 32.9 Å². The third-order valence-corrected chi connectivity index (χ3v) is 3.29. The minimum Gasteiger partial charge on any atom is -0.382 e. The predicted molar refractivity (Wildman–Crippen MR) is 78.8 cm³/mol. The van der Waals surface area contributed by atoms with Crippen LogP contribution >= 0.6 is 0 Å². The molecule has 21 heavy (non-hydrogen) atoms. The molecule has 0 bridgehead atoms. The number of imide groups is 1. The van der Waals surface area contributed by atoms with Crippen molar-refractivity contribution in [2.24, 2.45) is 0 Å². The summed E-state index contributed by atoms with van der Waals surface area (Å²) in [6.07, 6.45) is 0. The highest BCUT2D eigenvalue weighted by Gasteiger charge is 2.34. The number of para-hydroxylation sites is 1. The summed E-state index contributed by atoms with van der Waals surface area (Å²) >= 11 is 0.